The van der Waals surface area contributed by atoms with Crippen molar-refractivity contribution in [3.63, 3.8) is 0 Å². The van der Waals surface area contributed by atoms with Gasteiger partial charge >= 0.3 is 6.61 Å². The van der Waals surface area contributed by atoms with E-state index in [1.54, 1.807) is 7.11 Å². The van der Waals surface area contributed by atoms with Crippen LogP contribution in [0.5, 0.6) is 5.75 Å². The number of rotatable bonds is 9. The van der Waals surface area contributed by atoms with Gasteiger partial charge in [0, 0.05) is 19.2 Å². The predicted octanol–water partition coefficient (Wildman–Crippen LogP) is 4.26. The van der Waals surface area contributed by atoms with Gasteiger partial charge in [-0.1, -0.05) is 23.9 Å². The van der Waals surface area contributed by atoms with Crippen LogP contribution in [-0.2, 0) is 11.3 Å². The molecule has 5 nitrogen and oxygen atoms in total. The Bertz CT molecular complexity index is 913. The van der Waals surface area contributed by atoms with Gasteiger partial charge in [-0.2, -0.15) is 8.78 Å². The first-order valence-corrected chi connectivity index (χ1v) is 9.22. The molecule has 0 bridgehead atoms. The van der Waals surface area contributed by atoms with E-state index in [1.165, 1.54) is 36.0 Å². The van der Waals surface area contributed by atoms with Crippen LogP contribution < -0.4 is 4.74 Å². The molecule has 2 aromatic carbocycles. The summed E-state index contributed by atoms with van der Waals surface area (Å²) in [4.78, 5) is 17.0. The summed E-state index contributed by atoms with van der Waals surface area (Å²) in [5, 5.41) is 0.735. The Balaban J connectivity index is 1.71. The SMILES string of the molecule is COCCn1c(SCC(=O)c2ccc(OC(F)F)cc2)nc2ccccc21. The van der Waals surface area contributed by atoms with Crippen molar-refractivity contribution >= 4 is 28.6 Å². The van der Waals surface area contributed by atoms with E-state index >= 15 is 0 Å². The highest BCUT2D eigenvalue weighted by Gasteiger charge is 2.14. The third-order valence-electron chi connectivity index (χ3n) is 3.87. The molecule has 27 heavy (non-hydrogen) atoms. The summed E-state index contributed by atoms with van der Waals surface area (Å²) in [6.07, 6.45) is 0. The number of alkyl halides is 2. The molecular weight excluding hydrogens is 374 g/mol. The highest BCUT2D eigenvalue weighted by Crippen LogP contribution is 2.25. The average molecular weight is 392 g/mol. The van der Waals surface area contributed by atoms with Crippen LogP contribution >= 0.6 is 11.8 Å². The van der Waals surface area contributed by atoms with E-state index in [-0.39, 0.29) is 17.3 Å². The van der Waals surface area contributed by atoms with E-state index in [4.69, 9.17) is 4.74 Å². The molecule has 0 atom stereocenters. The number of Topliss-reactive ketones (excluding diaryl/α,β-unsaturated/α-hetero) is 1. The number of halogens is 2. The largest absolute Gasteiger partial charge is 0.435 e. The molecule has 0 spiro atoms. The normalized spacial score (nSPS) is 11.3. The first kappa shape index (κ1) is 19.3. The quantitative estimate of drug-likeness (QED) is 0.402. The van der Waals surface area contributed by atoms with Crippen molar-refractivity contribution in [1.29, 1.82) is 0 Å². The second-order valence-corrected chi connectivity index (χ2v) is 6.58. The number of ether oxygens (including phenoxy) is 2. The van der Waals surface area contributed by atoms with Crippen LogP contribution in [0.3, 0.4) is 0 Å². The molecule has 0 amide bonds. The van der Waals surface area contributed by atoms with Crippen LogP contribution in [0.2, 0.25) is 0 Å². The van der Waals surface area contributed by atoms with Crippen LogP contribution in [0.1, 0.15) is 10.4 Å². The molecule has 0 saturated carbocycles. The number of aromatic nitrogens is 2. The molecule has 0 N–H and O–H groups in total. The van der Waals surface area contributed by atoms with Crippen molar-refractivity contribution in [3.8, 4) is 5.75 Å². The molecule has 142 valence electrons. The van der Waals surface area contributed by atoms with E-state index in [1.807, 2.05) is 28.8 Å². The molecule has 3 aromatic rings. The second kappa shape index (κ2) is 8.96. The number of carbonyl (C=O) groups is 1. The average Bonchev–Trinajstić information content (AvgIpc) is 3.02. The Morgan fingerprint density at radius 3 is 2.63 bits per heavy atom. The highest BCUT2D eigenvalue weighted by atomic mass is 32.2. The summed E-state index contributed by atoms with van der Waals surface area (Å²) in [5.41, 5.74) is 2.28. The minimum absolute atomic E-state index is 0.0237. The lowest BCUT2D eigenvalue weighted by atomic mass is 10.1. The number of thioether (sulfide) groups is 1. The summed E-state index contributed by atoms with van der Waals surface area (Å²) in [7, 11) is 1.64. The Morgan fingerprint density at radius 1 is 1.19 bits per heavy atom. The van der Waals surface area contributed by atoms with Crippen molar-refractivity contribution in [2.75, 3.05) is 19.5 Å². The summed E-state index contributed by atoms with van der Waals surface area (Å²) in [6.45, 7) is -1.72. The number of hydrogen-bond donors (Lipinski definition) is 0. The molecule has 0 aliphatic rings. The number of hydrogen-bond acceptors (Lipinski definition) is 5. The van der Waals surface area contributed by atoms with Crippen molar-refractivity contribution < 1.29 is 23.0 Å². The van der Waals surface area contributed by atoms with Gasteiger partial charge in [0.1, 0.15) is 5.75 Å². The summed E-state index contributed by atoms with van der Waals surface area (Å²) in [6, 6.07) is 13.4. The summed E-state index contributed by atoms with van der Waals surface area (Å²) >= 11 is 1.34. The Hall–Kier alpha value is -2.45. The van der Waals surface area contributed by atoms with E-state index in [0.29, 0.717) is 18.7 Å². The molecular formula is C19H18F2N2O3S. The van der Waals surface area contributed by atoms with E-state index < -0.39 is 6.61 Å². The van der Waals surface area contributed by atoms with Crippen molar-refractivity contribution in [1.82, 2.24) is 9.55 Å². The first-order chi connectivity index (χ1) is 13.1. The zero-order valence-corrected chi connectivity index (χ0v) is 15.4. The van der Waals surface area contributed by atoms with Crippen LogP contribution in [0.15, 0.2) is 53.7 Å². The van der Waals surface area contributed by atoms with Crippen LogP contribution in [0.4, 0.5) is 8.78 Å². The van der Waals surface area contributed by atoms with E-state index in [9.17, 15) is 13.6 Å². The van der Waals surface area contributed by atoms with Gasteiger partial charge in [0.15, 0.2) is 10.9 Å². The van der Waals surface area contributed by atoms with Crippen molar-refractivity contribution in [3.05, 3.63) is 54.1 Å². The Kier molecular flexibility index (Phi) is 6.41. The molecule has 3 rings (SSSR count). The highest BCUT2D eigenvalue weighted by molar-refractivity contribution is 7.99. The minimum atomic E-state index is -2.89. The molecule has 0 aliphatic carbocycles. The molecule has 0 fully saturated rings. The van der Waals surface area contributed by atoms with Gasteiger partial charge in [0.25, 0.3) is 0 Å². The maximum Gasteiger partial charge on any atom is 0.387 e. The molecule has 1 heterocycles. The van der Waals surface area contributed by atoms with Crippen LogP contribution in [0, 0.1) is 0 Å². The van der Waals surface area contributed by atoms with Gasteiger partial charge in [0.2, 0.25) is 0 Å². The monoisotopic (exact) mass is 392 g/mol. The van der Waals surface area contributed by atoms with Gasteiger partial charge in [-0.3, -0.25) is 4.79 Å². The number of benzene rings is 2. The fourth-order valence-corrected chi connectivity index (χ4v) is 3.53. The first-order valence-electron chi connectivity index (χ1n) is 8.23. The molecule has 0 unspecified atom stereocenters. The minimum Gasteiger partial charge on any atom is -0.435 e. The molecule has 8 heteroatoms. The Labute approximate surface area is 159 Å². The molecule has 0 radical (unpaired) electrons. The topological polar surface area (TPSA) is 53.4 Å². The van der Waals surface area contributed by atoms with Crippen LogP contribution in [-0.4, -0.2) is 41.4 Å². The van der Waals surface area contributed by atoms with Gasteiger partial charge in [0.05, 0.1) is 23.4 Å². The van der Waals surface area contributed by atoms with Gasteiger partial charge in [-0.15, -0.1) is 0 Å². The number of fused-ring (bicyclic) bond motifs is 1. The van der Waals surface area contributed by atoms with Gasteiger partial charge in [-0.25, -0.2) is 4.98 Å². The fraction of sp³-hybridized carbons (Fsp3) is 0.263. The number of nitrogens with zero attached hydrogens (tertiary/aromatic N) is 2. The zero-order valence-electron chi connectivity index (χ0n) is 14.6. The second-order valence-electron chi connectivity index (χ2n) is 5.64. The standard InChI is InChI=1S/C19H18F2N2O3S/c1-25-11-10-23-16-5-3-2-4-15(16)22-19(23)27-12-17(24)13-6-8-14(9-7-13)26-18(20)21/h2-9,18H,10-12H2,1H3. The third-order valence-corrected chi connectivity index (χ3v) is 4.85. The summed E-state index contributed by atoms with van der Waals surface area (Å²) < 4.78 is 35.9. The van der Waals surface area contributed by atoms with Gasteiger partial charge in [-0.05, 0) is 36.4 Å². The number of methoxy groups -OCH3 is 1. The number of para-hydroxylation sites is 2. The van der Waals surface area contributed by atoms with Crippen molar-refractivity contribution in [2.24, 2.45) is 0 Å². The van der Waals surface area contributed by atoms with E-state index in [2.05, 4.69) is 9.72 Å². The molecule has 0 saturated heterocycles. The summed E-state index contributed by atoms with van der Waals surface area (Å²) in [5.74, 6) is 0.0928. The fourth-order valence-electron chi connectivity index (χ4n) is 2.60. The molecule has 0 aliphatic heterocycles. The third kappa shape index (κ3) is 4.84. The lowest BCUT2D eigenvalue weighted by molar-refractivity contribution is -0.0498. The number of ketones is 1. The zero-order chi connectivity index (χ0) is 19.2. The van der Waals surface area contributed by atoms with E-state index in [0.717, 1.165) is 16.2 Å². The lowest BCUT2D eigenvalue weighted by Crippen LogP contribution is -2.08. The maximum absolute atomic E-state index is 12.4. The predicted molar refractivity (Wildman–Crippen MR) is 99.7 cm³/mol. The van der Waals surface area contributed by atoms with Crippen molar-refractivity contribution in [2.45, 2.75) is 18.3 Å². The van der Waals surface area contributed by atoms with Crippen LogP contribution in [0.25, 0.3) is 11.0 Å². The van der Waals surface area contributed by atoms with Gasteiger partial charge < -0.3 is 14.0 Å². The smallest absolute Gasteiger partial charge is 0.387 e. The number of carbonyl (C=O) groups excluding carboxylic acids is 1. The Morgan fingerprint density at radius 2 is 1.93 bits per heavy atom. The lowest BCUT2D eigenvalue weighted by Gasteiger charge is -2.08. The number of imidazole rings is 1. The molecule has 1 aromatic heterocycles. The maximum atomic E-state index is 12.4.